The summed E-state index contributed by atoms with van der Waals surface area (Å²) in [6, 6.07) is 7.74. The minimum atomic E-state index is 0.516. The fourth-order valence-corrected chi connectivity index (χ4v) is 2.84. The van der Waals surface area contributed by atoms with E-state index in [0.29, 0.717) is 10.8 Å². The average Bonchev–Trinajstić information content (AvgIpc) is 2.66. The number of nitrogens with one attached hydrogen (secondary N) is 3. The first-order valence-electron chi connectivity index (χ1n) is 8.51. The van der Waals surface area contributed by atoms with Crippen molar-refractivity contribution in [3.63, 3.8) is 0 Å². The molecule has 1 fully saturated rings. The number of hydrazone groups is 1. The largest absolute Gasteiger partial charge is 0.370 e. The molecule has 2 aromatic rings. The Hall–Kier alpha value is -2.16. The van der Waals surface area contributed by atoms with Gasteiger partial charge in [-0.1, -0.05) is 12.1 Å². The van der Waals surface area contributed by atoms with E-state index in [0.717, 1.165) is 56.8 Å². The molecule has 7 nitrogen and oxygen atoms in total. The number of rotatable bonds is 6. The molecule has 0 atom stereocenters. The molecular formula is C17H23N6OS+. The maximum atomic E-state index is 5.36. The van der Waals surface area contributed by atoms with E-state index in [1.165, 1.54) is 0 Å². The van der Waals surface area contributed by atoms with E-state index in [1.807, 2.05) is 24.3 Å². The van der Waals surface area contributed by atoms with E-state index < -0.39 is 0 Å². The second-order valence-electron chi connectivity index (χ2n) is 5.88. The molecule has 0 spiro atoms. The van der Waals surface area contributed by atoms with Gasteiger partial charge in [-0.2, -0.15) is 5.10 Å². The van der Waals surface area contributed by atoms with Gasteiger partial charge in [-0.15, -0.1) is 0 Å². The van der Waals surface area contributed by atoms with Gasteiger partial charge in [0.1, 0.15) is 18.8 Å². The first-order valence-corrected chi connectivity index (χ1v) is 8.92. The number of quaternary nitrogens is 1. The molecule has 1 aliphatic heterocycles. The summed E-state index contributed by atoms with van der Waals surface area (Å²) in [5, 5.41) is 7.79. The molecule has 0 aliphatic carbocycles. The molecule has 8 heteroatoms. The average molecular weight is 359 g/mol. The van der Waals surface area contributed by atoms with Crippen LogP contribution in [0.3, 0.4) is 0 Å². The number of thiocarbonyl (C=S) groups is 1. The molecule has 1 aliphatic rings. The van der Waals surface area contributed by atoms with Gasteiger partial charge in [0.25, 0.3) is 0 Å². The van der Waals surface area contributed by atoms with Crippen LogP contribution >= 0.6 is 12.2 Å². The summed E-state index contributed by atoms with van der Waals surface area (Å²) in [5.41, 5.74) is 5.21. The van der Waals surface area contributed by atoms with Crippen LogP contribution in [-0.4, -0.2) is 60.7 Å². The molecule has 0 amide bonds. The lowest BCUT2D eigenvalue weighted by molar-refractivity contribution is -0.908. The summed E-state index contributed by atoms with van der Waals surface area (Å²) in [6.07, 6.45) is 4.37. The molecule has 2 heterocycles. The highest BCUT2D eigenvalue weighted by molar-refractivity contribution is 7.80. The predicted octanol–water partition coefficient (Wildman–Crippen LogP) is -0.267. The van der Waals surface area contributed by atoms with Crippen molar-refractivity contribution in [1.29, 1.82) is 0 Å². The standard InChI is InChI=1S/C17H22N6OS/c25-17(18-6-3-7-23-8-10-24-11-9-23)22-20-13-14-12-19-15-4-1-2-5-16(15)21-14/h1-2,4-5,12-13H,3,6-11H2,(H2,18,22,25)/p+1/b20-13-. The third kappa shape index (κ3) is 5.70. The quantitative estimate of drug-likeness (QED) is 0.285. The molecular weight excluding hydrogens is 336 g/mol. The van der Waals surface area contributed by atoms with Crippen LogP contribution in [-0.2, 0) is 4.74 Å². The van der Waals surface area contributed by atoms with Gasteiger partial charge in [0.15, 0.2) is 5.11 Å². The molecule has 1 aromatic carbocycles. The summed E-state index contributed by atoms with van der Waals surface area (Å²) < 4.78 is 5.36. The molecule has 25 heavy (non-hydrogen) atoms. The number of para-hydroxylation sites is 2. The van der Waals surface area contributed by atoms with E-state index in [-0.39, 0.29) is 0 Å². The van der Waals surface area contributed by atoms with Gasteiger partial charge in [-0.25, -0.2) is 4.98 Å². The first-order chi connectivity index (χ1) is 12.3. The maximum Gasteiger partial charge on any atom is 0.186 e. The van der Waals surface area contributed by atoms with Crippen molar-refractivity contribution in [3.8, 4) is 0 Å². The highest BCUT2D eigenvalue weighted by atomic mass is 32.1. The van der Waals surface area contributed by atoms with Gasteiger partial charge in [0.05, 0.1) is 43.2 Å². The van der Waals surface area contributed by atoms with Crippen LogP contribution < -0.4 is 15.6 Å². The number of ether oxygens (including phenoxy) is 1. The number of hydrogen-bond donors (Lipinski definition) is 3. The second kappa shape index (κ2) is 9.36. The van der Waals surface area contributed by atoms with E-state index in [2.05, 4.69) is 25.8 Å². The number of nitrogens with zero attached hydrogens (tertiary/aromatic N) is 3. The van der Waals surface area contributed by atoms with Gasteiger partial charge in [-0.05, 0) is 24.4 Å². The van der Waals surface area contributed by atoms with Crippen LogP contribution in [0.2, 0.25) is 0 Å². The van der Waals surface area contributed by atoms with E-state index >= 15 is 0 Å². The SMILES string of the molecule is S=C(NCCC[NH+]1CCOCC1)N/N=C\c1cnc2ccccc2n1. The fourth-order valence-electron chi connectivity index (χ4n) is 2.68. The van der Waals surface area contributed by atoms with E-state index in [9.17, 15) is 0 Å². The van der Waals surface area contributed by atoms with Crippen LogP contribution in [0.1, 0.15) is 12.1 Å². The van der Waals surface area contributed by atoms with Gasteiger partial charge in [0, 0.05) is 13.0 Å². The van der Waals surface area contributed by atoms with Crippen LogP contribution in [0, 0.1) is 0 Å². The lowest BCUT2D eigenvalue weighted by atomic mass is 10.3. The van der Waals surface area contributed by atoms with Crippen molar-refractivity contribution in [2.45, 2.75) is 6.42 Å². The minimum Gasteiger partial charge on any atom is -0.370 e. The van der Waals surface area contributed by atoms with Crippen molar-refractivity contribution in [2.24, 2.45) is 5.10 Å². The smallest absolute Gasteiger partial charge is 0.186 e. The molecule has 3 rings (SSSR count). The van der Waals surface area contributed by atoms with Crippen molar-refractivity contribution in [3.05, 3.63) is 36.2 Å². The zero-order valence-corrected chi connectivity index (χ0v) is 14.9. The Morgan fingerprint density at radius 2 is 2.08 bits per heavy atom. The maximum absolute atomic E-state index is 5.36. The third-order valence-corrected chi connectivity index (χ3v) is 4.26. The summed E-state index contributed by atoms with van der Waals surface area (Å²) in [7, 11) is 0. The van der Waals surface area contributed by atoms with Crippen LogP contribution in [0.5, 0.6) is 0 Å². The normalized spacial score (nSPS) is 15.5. The Bertz CT molecular complexity index is 732. The molecule has 3 N–H and O–H groups in total. The topological polar surface area (TPSA) is 75.9 Å². The molecule has 1 saturated heterocycles. The fraction of sp³-hybridized carbons (Fsp3) is 0.412. The second-order valence-corrected chi connectivity index (χ2v) is 6.28. The predicted molar refractivity (Wildman–Crippen MR) is 102 cm³/mol. The van der Waals surface area contributed by atoms with Crippen LogP contribution in [0.25, 0.3) is 11.0 Å². The zero-order valence-electron chi connectivity index (χ0n) is 14.1. The molecule has 0 unspecified atom stereocenters. The Labute approximate surface area is 152 Å². The van der Waals surface area contributed by atoms with Crippen molar-refractivity contribution in [2.75, 3.05) is 39.4 Å². The Morgan fingerprint density at radius 1 is 1.28 bits per heavy atom. The highest BCUT2D eigenvalue weighted by Crippen LogP contribution is 2.07. The summed E-state index contributed by atoms with van der Waals surface area (Å²) in [6.45, 7) is 5.90. The van der Waals surface area contributed by atoms with Crippen LogP contribution in [0.15, 0.2) is 35.6 Å². The number of morpholine rings is 1. The van der Waals surface area contributed by atoms with Gasteiger partial charge in [-0.3, -0.25) is 10.4 Å². The molecule has 0 radical (unpaired) electrons. The van der Waals surface area contributed by atoms with E-state index in [1.54, 1.807) is 17.3 Å². The first kappa shape index (κ1) is 17.7. The van der Waals surface area contributed by atoms with Crippen molar-refractivity contribution in [1.82, 2.24) is 20.7 Å². The minimum absolute atomic E-state index is 0.516. The lowest BCUT2D eigenvalue weighted by Gasteiger charge is -2.23. The van der Waals surface area contributed by atoms with E-state index in [4.69, 9.17) is 17.0 Å². The molecule has 132 valence electrons. The van der Waals surface area contributed by atoms with Gasteiger partial charge in [0.2, 0.25) is 0 Å². The lowest BCUT2D eigenvalue weighted by Crippen LogP contribution is -3.14. The number of benzene rings is 1. The third-order valence-electron chi connectivity index (χ3n) is 4.02. The summed E-state index contributed by atoms with van der Waals surface area (Å²) in [5.74, 6) is 0. The van der Waals surface area contributed by atoms with Crippen molar-refractivity contribution >= 4 is 34.6 Å². The zero-order chi connectivity index (χ0) is 17.3. The number of fused-ring (bicyclic) bond motifs is 1. The number of hydrogen-bond acceptors (Lipinski definition) is 5. The summed E-state index contributed by atoms with van der Waals surface area (Å²) in [4.78, 5) is 10.4. The monoisotopic (exact) mass is 359 g/mol. The number of aromatic nitrogens is 2. The molecule has 1 aromatic heterocycles. The Balaban J connectivity index is 1.36. The van der Waals surface area contributed by atoms with Gasteiger partial charge < -0.3 is 15.0 Å². The molecule has 0 saturated carbocycles. The van der Waals surface area contributed by atoms with Gasteiger partial charge >= 0.3 is 0 Å². The highest BCUT2D eigenvalue weighted by Gasteiger charge is 2.12. The molecule has 0 bridgehead atoms. The summed E-state index contributed by atoms with van der Waals surface area (Å²) >= 11 is 5.22. The Kier molecular flexibility index (Phi) is 6.61. The van der Waals surface area contributed by atoms with Crippen molar-refractivity contribution < 1.29 is 9.64 Å². The van der Waals surface area contributed by atoms with Crippen LogP contribution in [0.4, 0.5) is 0 Å². The Morgan fingerprint density at radius 3 is 2.92 bits per heavy atom.